The second-order valence-corrected chi connectivity index (χ2v) is 12.7. The largest absolute Gasteiger partial charge is 0.497 e. The number of hydrogen-bond acceptors (Lipinski definition) is 7. The van der Waals surface area contributed by atoms with E-state index in [-0.39, 0.29) is 27.5 Å². The number of halogens is 8. The van der Waals surface area contributed by atoms with Crippen molar-refractivity contribution in [3.8, 4) is 11.8 Å². The maximum atomic E-state index is 15.4. The van der Waals surface area contributed by atoms with Crippen molar-refractivity contribution in [2.45, 2.75) is 56.4 Å². The van der Waals surface area contributed by atoms with Crippen molar-refractivity contribution in [2.75, 3.05) is 13.7 Å². The predicted molar refractivity (Wildman–Crippen MR) is 182 cm³/mol. The molecule has 0 spiro atoms. The minimum absolute atomic E-state index is 0.0860. The standard InChI is InChI=1S/C36H33ClF7N5O6/c1-19(2)27(29(50)36(43,44)32(53)46-18-34(38,39)40)48-31(52)28(22-10-12-25(55-3)13-11-22)49-30(51)26(15-20-6-4-7-21(14-20)17-45)47-33(54)35(41,42)23-8-5-9-24(37)16-23/h4-14,16,19,26-28H,15,18H2,1-3H3,(H,46,53)(H,47,54)(H,48,52)(H,49,51)/t26-,27-,28-/m0/s1. The van der Waals surface area contributed by atoms with E-state index in [1.807, 2.05) is 16.7 Å². The molecule has 0 saturated heterocycles. The topological polar surface area (TPSA) is 166 Å². The molecule has 3 rings (SSSR count). The van der Waals surface area contributed by atoms with Crippen LogP contribution in [0.3, 0.4) is 0 Å². The monoisotopic (exact) mass is 799 g/mol. The fourth-order valence-corrected chi connectivity index (χ4v) is 5.18. The first kappa shape index (κ1) is 43.7. The van der Waals surface area contributed by atoms with Crippen molar-refractivity contribution in [1.29, 1.82) is 5.26 Å². The van der Waals surface area contributed by atoms with Gasteiger partial charge in [0.05, 0.1) is 24.8 Å². The Kier molecular flexibility index (Phi) is 14.4. The second-order valence-electron chi connectivity index (χ2n) is 12.3. The summed E-state index contributed by atoms with van der Waals surface area (Å²) in [4.78, 5) is 65.7. The molecule has 0 fully saturated rings. The summed E-state index contributed by atoms with van der Waals surface area (Å²) in [7, 11) is 1.30. The number of carbonyl (C=O) groups is 5. The van der Waals surface area contributed by atoms with Crippen molar-refractivity contribution in [1.82, 2.24) is 21.3 Å². The lowest BCUT2D eigenvalue weighted by Crippen LogP contribution is -2.59. The summed E-state index contributed by atoms with van der Waals surface area (Å²) in [5, 5.41) is 16.4. The zero-order valence-corrected chi connectivity index (χ0v) is 29.8. The average molecular weight is 800 g/mol. The lowest BCUT2D eigenvalue weighted by Gasteiger charge is -2.29. The molecule has 294 valence electrons. The van der Waals surface area contributed by atoms with Gasteiger partial charge in [0.2, 0.25) is 17.6 Å². The third-order valence-electron chi connectivity index (χ3n) is 7.88. The van der Waals surface area contributed by atoms with E-state index >= 15 is 8.78 Å². The Morgan fingerprint density at radius 1 is 0.818 bits per heavy atom. The van der Waals surface area contributed by atoms with Crippen LogP contribution in [0.25, 0.3) is 0 Å². The van der Waals surface area contributed by atoms with Crippen molar-refractivity contribution in [3.63, 3.8) is 0 Å². The van der Waals surface area contributed by atoms with Crippen LogP contribution in [0.5, 0.6) is 5.75 Å². The summed E-state index contributed by atoms with van der Waals surface area (Å²) in [5.74, 6) is -19.7. The molecule has 4 N–H and O–H groups in total. The van der Waals surface area contributed by atoms with Crippen LogP contribution in [0, 0.1) is 17.2 Å². The smallest absolute Gasteiger partial charge is 0.405 e. The molecule has 55 heavy (non-hydrogen) atoms. The van der Waals surface area contributed by atoms with E-state index in [0.29, 0.717) is 0 Å². The number of amides is 4. The highest BCUT2D eigenvalue weighted by atomic mass is 35.5. The highest BCUT2D eigenvalue weighted by Crippen LogP contribution is 2.30. The summed E-state index contributed by atoms with van der Waals surface area (Å²) in [6, 6.07) is 10.7. The lowest BCUT2D eigenvalue weighted by molar-refractivity contribution is -0.165. The van der Waals surface area contributed by atoms with Gasteiger partial charge in [-0.05, 0) is 53.4 Å². The van der Waals surface area contributed by atoms with Crippen LogP contribution in [0.15, 0.2) is 72.8 Å². The minimum atomic E-state index is -5.09. The first-order chi connectivity index (χ1) is 25.6. The number of rotatable bonds is 16. The molecule has 0 aromatic heterocycles. The second kappa shape index (κ2) is 18.1. The first-order valence-corrected chi connectivity index (χ1v) is 16.4. The van der Waals surface area contributed by atoms with Gasteiger partial charge in [0, 0.05) is 17.0 Å². The Morgan fingerprint density at radius 2 is 1.45 bits per heavy atom. The number of methoxy groups -OCH3 is 1. The fraction of sp³-hybridized carbons (Fsp3) is 0.333. The van der Waals surface area contributed by atoms with Gasteiger partial charge in [-0.2, -0.15) is 36.0 Å². The summed E-state index contributed by atoms with van der Waals surface area (Å²) >= 11 is 5.83. The Hall–Kier alpha value is -5.70. The molecule has 19 heteroatoms. The molecule has 0 aliphatic carbocycles. The molecular formula is C36H33ClF7N5O6. The summed E-state index contributed by atoms with van der Waals surface area (Å²) in [6.07, 6.45) is -5.62. The summed E-state index contributed by atoms with van der Waals surface area (Å²) in [6.45, 7) is 0.172. The molecule has 3 aromatic rings. The molecule has 0 unspecified atom stereocenters. The zero-order chi connectivity index (χ0) is 41.3. The molecule has 0 bridgehead atoms. The van der Waals surface area contributed by atoms with E-state index in [1.54, 1.807) is 0 Å². The quantitative estimate of drug-likeness (QED) is 0.118. The van der Waals surface area contributed by atoms with Gasteiger partial charge in [-0.1, -0.05) is 61.8 Å². The molecule has 0 aliphatic heterocycles. The Morgan fingerprint density at radius 3 is 2.02 bits per heavy atom. The molecule has 11 nitrogen and oxygen atoms in total. The minimum Gasteiger partial charge on any atom is -0.497 e. The Bertz CT molecular complexity index is 1940. The molecule has 0 saturated carbocycles. The van der Waals surface area contributed by atoms with E-state index in [2.05, 4.69) is 5.32 Å². The van der Waals surface area contributed by atoms with Crippen molar-refractivity contribution in [2.24, 2.45) is 5.92 Å². The van der Waals surface area contributed by atoms with E-state index in [1.165, 1.54) is 75.6 Å². The Labute approximate surface area is 314 Å². The number of alkyl halides is 7. The Balaban J connectivity index is 2.02. The van der Waals surface area contributed by atoms with E-state index in [9.17, 15) is 51.2 Å². The molecule has 0 aliphatic rings. The molecular weight excluding hydrogens is 767 g/mol. The number of benzene rings is 3. The van der Waals surface area contributed by atoms with Gasteiger partial charge in [-0.15, -0.1) is 0 Å². The number of ketones is 1. The average Bonchev–Trinajstić information content (AvgIpc) is 3.13. The highest BCUT2D eigenvalue weighted by Gasteiger charge is 2.52. The maximum absolute atomic E-state index is 15.4. The lowest BCUT2D eigenvalue weighted by atomic mass is 9.94. The van der Waals surface area contributed by atoms with Crippen molar-refractivity contribution < 1.29 is 59.4 Å². The SMILES string of the molecule is COc1ccc([C@H](NC(=O)[C@H](Cc2cccc(C#N)c2)NC(=O)C(F)(F)c2cccc(Cl)c2)C(=O)N[C@H](C(=O)C(F)(F)C(=O)NCC(F)(F)F)C(C)C)cc1. The first-order valence-electron chi connectivity index (χ1n) is 16.1. The molecule has 3 atom stereocenters. The van der Waals surface area contributed by atoms with Gasteiger partial charge < -0.3 is 26.0 Å². The maximum Gasteiger partial charge on any atom is 0.405 e. The van der Waals surface area contributed by atoms with Crippen LogP contribution in [-0.2, 0) is 36.3 Å². The van der Waals surface area contributed by atoms with Gasteiger partial charge in [0.15, 0.2) is 0 Å². The highest BCUT2D eigenvalue weighted by molar-refractivity contribution is 6.30. The van der Waals surface area contributed by atoms with Crippen LogP contribution < -0.4 is 26.0 Å². The van der Waals surface area contributed by atoms with Crippen LogP contribution in [0.2, 0.25) is 5.02 Å². The van der Waals surface area contributed by atoms with Gasteiger partial charge in [0.1, 0.15) is 24.4 Å². The summed E-state index contributed by atoms with van der Waals surface area (Å²) in [5.41, 5.74) is -0.604. The van der Waals surface area contributed by atoms with Gasteiger partial charge >= 0.3 is 18.0 Å². The molecule has 0 heterocycles. The van der Waals surface area contributed by atoms with Gasteiger partial charge in [-0.3, -0.25) is 24.0 Å². The molecule has 0 radical (unpaired) electrons. The number of Topliss-reactive ketones (excluding diaryl/α,β-unsaturated/α-hetero) is 1. The zero-order valence-electron chi connectivity index (χ0n) is 29.1. The van der Waals surface area contributed by atoms with E-state index < -0.39 is 90.0 Å². The molecule has 3 aromatic carbocycles. The summed E-state index contributed by atoms with van der Waals surface area (Å²) < 4.78 is 103. The number of carbonyl (C=O) groups excluding carboxylic acids is 5. The predicted octanol–water partition coefficient (Wildman–Crippen LogP) is 4.92. The number of nitriles is 1. The number of nitrogens with one attached hydrogen (secondary N) is 4. The number of nitrogens with zero attached hydrogens (tertiary/aromatic N) is 1. The van der Waals surface area contributed by atoms with Gasteiger partial charge in [-0.25, -0.2) is 0 Å². The normalized spacial score (nSPS) is 13.4. The van der Waals surface area contributed by atoms with Crippen LogP contribution in [0.1, 0.15) is 42.1 Å². The van der Waals surface area contributed by atoms with Crippen LogP contribution in [0.4, 0.5) is 30.7 Å². The molecule has 4 amide bonds. The van der Waals surface area contributed by atoms with Gasteiger partial charge in [0.25, 0.3) is 11.8 Å². The van der Waals surface area contributed by atoms with E-state index in [4.69, 9.17) is 16.3 Å². The number of ether oxygens (including phenoxy) is 1. The van der Waals surface area contributed by atoms with Crippen LogP contribution >= 0.6 is 11.6 Å². The fourth-order valence-electron chi connectivity index (χ4n) is 4.99. The van der Waals surface area contributed by atoms with E-state index in [0.717, 1.165) is 23.5 Å². The number of hydrogen-bond donors (Lipinski definition) is 4. The third-order valence-corrected chi connectivity index (χ3v) is 8.11. The van der Waals surface area contributed by atoms with Crippen LogP contribution in [-0.4, -0.2) is 67.2 Å². The van der Waals surface area contributed by atoms with Crippen molar-refractivity contribution in [3.05, 3.63) is 100 Å². The van der Waals surface area contributed by atoms with Crippen molar-refractivity contribution >= 4 is 41.0 Å². The third kappa shape index (κ3) is 11.6.